The zero-order chi connectivity index (χ0) is 13.2. The number of hydrogen-bond donors (Lipinski definition) is 2. The van der Waals surface area contributed by atoms with Crippen molar-refractivity contribution in [2.75, 3.05) is 19.6 Å². The predicted octanol–water partition coefficient (Wildman–Crippen LogP) is 2.24. The molecule has 0 aliphatic rings. The second kappa shape index (κ2) is 9.06. The lowest BCUT2D eigenvalue weighted by Crippen LogP contribution is -2.38. The van der Waals surface area contributed by atoms with Crippen molar-refractivity contribution in [3.8, 4) is 0 Å². The predicted molar refractivity (Wildman–Crippen MR) is 77.7 cm³/mol. The van der Waals surface area contributed by atoms with Crippen molar-refractivity contribution in [1.29, 1.82) is 0 Å². The zero-order valence-corrected chi connectivity index (χ0v) is 11.9. The van der Waals surface area contributed by atoms with Crippen LogP contribution in [-0.2, 0) is 6.42 Å². The van der Waals surface area contributed by atoms with Crippen LogP contribution in [0.2, 0.25) is 0 Å². The van der Waals surface area contributed by atoms with Gasteiger partial charge >= 0.3 is 0 Å². The van der Waals surface area contributed by atoms with E-state index >= 15 is 0 Å². The fourth-order valence-electron chi connectivity index (χ4n) is 1.82. The van der Waals surface area contributed by atoms with Gasteiger partial charge in [-0.25, -0.2) is 0 Å². The Morgan fingerprint density at radius 1 is 1.17 bits per heavy atom. The molecule has 0 fully saturated rings. The Bertz CT molecular complexity index is 298. The van der Waals surface area contributed by atoms with E-state index in [9.17, 15) is 0 Å². The minimum atomic E-state index is 0.535. The molecule has 0 saturated carbocycles. The van der Waals surface area contributed by atoms with Crippen LogP contribution in [0, 0.1) is 5.92 Å². The Balaban J connectivity index is 2.00. The standard InChI is InChI=1S/C15H27N3/c1-13(2)11-16-12-14(3)17-10-6-8-15-7-4-5-9-18-15/h4-5,7,9,13-14,16-17H,6,8,10-12H2,1-3H3. The third-order valence-electron chi connectivity index (χ3n) is 2.83. The molecule has 0 saturated heterocycles. The molecule has 3 nitrogen and oxygen atoms in total. The largest absolute Gasteiger partial charge is 0.315 e. The van der Waals surface area contributed by atoms with Crippen LogP contribution in [0.3, 0.4) is 0 Å². The van der Waals surface area contributed by atoms with Crippen LogP contribution in [0.4, 0.5) is 0 Å². The van der Waals surface area contributed by atoms with E-state index in [-0.39, 0.29) is 0 Å². The summed E-state index contributed by atoms with van der Waals surface area (Å²) in [4.78, 5) is 4.32. The molecule has 102 valence electrons. The Morgan fingerprint density at radius 2 is 2.00 bits per heavy atom. The van der Waals surface area contributed by atoms with Crippen molar-refractivity contribution in [2.45, 2.75) is 39.7 Å². The second-order valence-electron chi connectivity index (χ2n) is 5.33. The maximum atomic E-state index is 4.32. The van der Waals surface area contributed by atoms with Gasteiger partial charge in [0.1, 0.15) is 0 Å². The van der Waals surface area contributed by atoms with Crippen molar-refractivity contribution >= 4 is 0 Å². The molecule has 0 bridgehead atoms. The monoisotopic (exact) mass is 249 g/mol. The molecule has 1 unspecified atom stereocenters. The first-order valence-electron chi connectivity index (χ1n) is 7.02. The van der Waals surface area contributed by atoms with Gasteiger partial charge < -0.3 is 10.6 Å². The molecule has 1 rings (SSSR count). The molecule has 18 heavy (non-hydrogen) atoms. The van der Waals surface area contributed by atoms with Gasteiger partial charge in [0.2, 0.25) is 0 Å². The minimum absolute atomic E-state index is 0.535. The zero-order valence-electron chi connectivity index (χ0n) is 11.9. The van der Waals surface area contributed by atoms with Crippen LogP contribution in [0.15, 0.2) is 24.4 Å². The smallest absolute Gasteiger partial charge is 0.0404 e. The summed E-state index contributed by atoms with van der Waals surface area (Å²) in [6.45, 7) is 9.90. The molecule has 1 aromatic rings. The first-order valence-corrected chi connectivity index (χ1v) is 7.02. The Kier molecular flexibility index (Phi) is 7.62. The summed E-state index contributed by atoms with van der Waals surface area (Å²) in [5.41, 5.74) is 1.19. The summed E-state index contributed by atoms with van der Waals surface area (Å²) >= 11 is 0. The van der Waals surface area contributed by atoms with Gasteiger partial charge in [-0.15, -0.1) is 0 Å². The Morgan fingerprint density at radius 3 is 2.67 bits per heavy atom. The molecule has 1 heterocycles. The summed E-state index contributed by atoms with van der Waals surface area (Å²) in [5.74, 6) is 0.723. The van der Waals surface area contributed by atoms with Crippen molar-refractivity contribution in [2.24, 2.45) is 5.92 Å². The van der Waals surface area contributed by atoms with Gasteiger partial charge in [-0.2, -0.15) is 0 Å². The molecule has 1 aromatic heterocycles. The average Bonchev–Trinajstić information content (AvgIpc) is 2.35. The van der Waals surface area contributed by atoms with Crippen molar-refractivity contribution < 1.29 is 0 Å². The molecule has 0 aromatic carbocycles. The number of nitrogens with one attached hydrogen (secondary N) is 2. The number of hydrogen-bond acceptors (Lipinski definition) is 3. The summed E-state index contributed by atoms with van der Waals surface area (Å²) in [7, 11) is 0. The van der Waals surface area contributed by atoms with E-state index in [1.54, 1.807) is 0 Å². The highest BCUT2D eigenvalue weighted by atomic mass is 15.0. The SMILES string of the molecule is CC(C)CNCC(C)NCCCc1ccccn1. The van der Waals surface area contributed by atoms with Crippen LogP contribution >= 0.6 is 0 Å². The van der Waals surface area contributed by atoms with E-state index in [0.717, 1.165) is 38.4 Å². The molecule has 1 atom stereocenters. The van der Waals surface area contributed by atoms with E-state index in [4.69, 9.17) is 0 Å². The number of aryl methyl sites for hydroxylation is 1. The van der Waals surface area contributed by atoms with Crippen LogP contribution in [-0.4, -0.2) is 30.7 Å². The van der Waals surface area contributed by atoms with Gasteiger partial charge in [0, 0.05) is 24.5 Å². The first kappa shape index (κ1) is 15.1. The van der Waals surface area contributed by atoms with Crippen LogP contribution < -0.4 is 10.6 Å². The average molecular weight is 249 g/mol. The summed E-state index contributed by atoms with van der Waals surface area (Å²) in [6, 6.07) is 6.64. The number of aromatic nitrogens is 1. The molecule has 0 aliphatic carbocycles. The minimum Gasteiger partial charge on any atom is -0.315 e. The highest BCUT2D eigenvalue weighted by molar-refractivity contribution is 5.03. The van der Waals surface area contributed by atoms with Crippen LogP contribution in [0.1, 0.15) is 32.9 Å². The van der Waals surface area contributed by atoms with Crippen LogP contribution in [0.25, 0.3) is 0 Å². The summed E-state index contributed by atoms with van der Waals surface area (Å²) < 4.78 is 0. The molecule has 0 amide bonds. The second-order valence-corrected chi connectivity index (χ2v) is 5.33. The van der Waals surface area contributed by atoms with E-state index in [2.05, 4.69) is 42.5 Å². The normalized spacial score (nSPS) is 12.9. The number of nitrogens with zero attached hydrogens (tertiary/aromatic N) is 1. The Hall–Kier alpha value is -0.930. The molecule has 3 heteroatoms. The van der Waals surface area contributed by atoms with Gasteiger partial charge in [0.25, 0.3) is 0 Å². The summed E-state index contributed by atoms with van der Waals surface area (Å²) in [6.07, 6.45) is 4.06. The third-order valence-corrected chi connectivity index (χ3v) is 2.83. The third kappa shape index (κ3) is 7.41. The van der Waals surface area contributed by atoms with Gasteiger partial charge in [0.15, 0.2) is 0 Å². The van der Waals surface area contributed by atoms with Crippen molar-refractivity contribution in [3.63, 3.8) is 0 Å². The topological polar surface area (TPSA) is 37.0 Å². The van der Waals surface area contributed by atoms with Gasteiger partial charge in [-0.1, -0.05) is 19.9 Å². The highest BCUT2D eigenvalue weighted by Crippen LogP contribution is 1.97. The number of rotatable bonds is 9. The quantitative estimate of drug-likeness (QED) is 0.659. The molecular formula is C15H27N3. The van der Waals surface area contributed by atoms with E-state index in [1.165, 1.54) is 5.69 Å². The van der Waals surface area contributed by atoms with Gasteiger partial charge in [0.05, 0.1) is 0 Å². The highest BCUT2D eigenvalue weighted by Gasteiger charge is 2.01. The lowest BCUT2D eigenvalue weighted by molar-refractivity contribution is 0.469. The summed E-state index contributed by atoms with van der Waals surface area (Å²) in [5, 5.41) is 7.00. The van der Waals surface area contributed by atoms with E-state index < -0.39 is 0 Å². The van der Waals surface area contributed by atoms with Gasteiger partial charge in [-0.3, -0.25) is 4.98 Å². The lowest BCUT2D eigenvalue weighted by Gasteiger charge is -2.15. The van der Waals surface area contributed by atoms with Crippen LogP contribution in [0.5, 0.6) is 0 Å². The maximum Gasteiger partial charge on any atom is 0.0404 e. The molecule has 0 aliphatic heterocycles. The Labute approximate surface area is 111 Å². The molecular weight excluding hydrogens is 222 g/mol. The lowest BCUT2D eigenvalue weighted by atomic mass is 10.2. The molecule has 0 radical (unpaired) electrons. The fourth-order valence-corrected chi connectivity index (χ4v) is 1.82. The van der Waals surface area contributed by atoms with E-state index in [0.29, 0.717) is 6.04 Å². The molecule has 2 N–H and O–H groups in total. The molecule has 0 spiro atoms. The number of pyridine rings is 1. The first-order chi connectivity index (χ1) is 8.68. The van der Waals surface area contributed by atoms with Crippen molar-refractivity contribution in [1.82, 2.24) is 15.6 Å². The van der Waals surface area contributed by atoms with E-state index in [1.807, 2.05) is 18.3 Å². The van der Waals surface area contributed by atoms with Crippen molar-refractivity contribution in [3.05, 3.63) is 30.1 Å². The fraction of sp³-hybridized carbons (Fsp3) is 0.667. The maximum absolute atomic E-state index is 4.32. The van der Waals surface area contributed by atoms with Gasteiger partial charge in [-0.05, 0) is 50.9 Å².